The molecule has 102 valence electrons. The Labute approximate surface area is 114 Å². The number of anilines is 1. The highest BCUT2D eigenvalue weighted by molar-refractivity contribution is 5.73. The van der Waals surface area contributed by atoms with Crippen molar-refractivity contribution >= 4 is 17.3 Å². The fraction of sp³-hybridized carbons (Fsp3) is 0.231. The molecule has 0 bridgehead atoms. The second-order valence-corrected chi connectivity index (χ2v) is 4.42. The molecule has 1 aliphatic carbocycles. The molecule has 0 aliphatic heterocycles. The smallest absolute Gasteiger partial charge is 0.310 e. The highest BCUT2D eigenvalue weighted by Crippen LogP contribution is 2.26. The number of nitrogens with zero attached hydrogens (tertiary/aromatic N) is 2. The number of hydrogen-bond acceptors (Lipinski definition) is 5. The molecular formula is C13H11N3O4. The third kappa shape index (κ3) is 2.75. The summed E-state index contributed by atoms with van der Waals surface area (Å²) in [6.45, 7) is 0. The number of carbonyl (C=O) groups is 1. The minimum absolute atomic E-state index is 0.00840. The molecule has 0 saturated heterocycles. The molecular weight excluding hydrogens is 262 g/mol. The molecule has 0 spiro atoms. The maximum Gasteiger partial charge on any atom is 0.310 e. The van der Waals surface area contributed by atoms with Gasteiger partial charge in [-0.05, 0) is 18.6 Å². The standard InChI is InChI=1S/C13H11N3O4/c14-7-9-2-4-11(6-12(9)16(19)20)15-10-3-1-8(5-10)13(17)18/h1-4,6,8,10,15H,5H2,(H,17,18). The summed E-state index contributed by atoms with van der Waals surface area (Å²) in [7, 11) is 0. The molecule has 1 aromatic carbocycles. The molecule has 0 fully saturated rings. The third-order valence-electron chi connectivity index (χ3n) is 3.07. The fourth-order valence-corrected chi connectivity index (χ4v) is 2.07. The number of rotatable bonds is 4. The minimum Gasteiger partial charge on any atom is -0.481 e. The average molecular weight is 273 g/mol. The zero-order valence-electron chi connectivity index (χ0n) is 10.3. The Morgan fingerprint density at radius 1 is 1.50 bits per heavy atom. The van der Waals surface area contributed by atoms with E-state index in [4.69, 9.17) is 10.4 Å². The highest BCUT2D eigenvalue weighted by Gasteiger charge is 2.24. The summed E-state index contributed by atoms with van der Waals surface area (Å²) >= 11 is 0. The van der Waals surface area contributed by atoms with Gasteiger partial charge in [-0.3, -0.25) is 14.9 Å². The van der Waals surface area contributed by atoms with Gasteiger partial charge in [0.2, 0.25) is 0 Å². The number of nitro benzene ring substituents is 1. The summed E-state index contributed by atoms with van der Waals surface area (Å²) in [5, 5.41) is 31.5. The van der Waals surface area contributed by atoms with E-state index in [2.05, 4.69) is 5.32 Å². The molecule has 2 rings (SSSR count). The van der Waals surface area contributed by atoms with Gasteiger partial charge in [0.15, 0.2) is 0 Å². The maximum atomic E-state index is 10.8. The van der Waals surface area contributed by atoms with Crippen LogP contribution in [0.3, 0.4) is 0 Å². The van der Waals surface area contributed by atoms with Gasteiger partial charge in [-0.25, -0.2) is 0 Å². The normalized spacial score (nSPS) is 20.4. The minimum atomic E-state index is -0.892. The zero-order valence-corrected chi connectivity index (χ0v) is 10.3. The number of nitrogens with one attached hydrogen (secondary N) is 1. The second kappa shape index (κ2) is 5.40. The Kier molecular flexibility index (Phi) is 3.66. The summed E-state index contributed by atoms with van der Waals surface area (Å²) in [4.78, 5) is 21.1. The van der Waals surface area contributed by atoms with Crippen molar-refractivity contribution in [1.29, 1.82) is 5.26 Å². The van der Waals surface area contributed by atoms with Gasteiger partial charge in [-0.2, -0.15) is 5.26 Å². The second-order valence-electron chi connectivity index (χ2n) is 4.42. The van der Waals surface area contributed by atoms with Crippen molar-refractivity contribution in [2.24, 2.45) is 5.92 Å². The molecule has 0 saturated carbocycles. The number of nitriles is 1. The molecule has 2 atom stereocenters. The lowest BCUT2D eigenvalue weighted by molar-refractivity contribution is -0.385. The van der Waals surface area contributed by atoms with Crippen molar-refractivity contribution in [1.82, 2.24) is 0 Å². The largest absolute Gasteiger partial charge is 0.481 e. The average Bonchev–Trinajstić information content (AvgIpc) is 2.87. The lowest BCUT2D eigenvalue weighted by atomic mass is 10.1. The van der Waals surface area contributed by atoms with Crippen LogP contribution in [0.2, 0.25) is 0 Å². The number of hydrogen-bond donors (Lipinski definition) is 2. The van der Waals surface area contributed by atoms with Gasteiger partial charge in [-0.1, -0.05) is 12.2 Å². The van der Waals surface area contributed by atoms with Crippen LogP contribution in [0, 0.1) is 27.4 Å². The van der Waals surface area contributed by atoms with E-state index in [9.17, 15) is 14.9 Å². The summed E-state index contributed by atoms with van der Waals surface area (Å²) in [6, 6.07) is 5.78. The first kappa shape index (κ1) is 13.5. The molecule has 2 unspecified atom stereocenters. The van der Waals surface area contributed by atoms with Crippen molar-refractivity contribution in [2.75, 3.05) is 5.32 Å². The first-order chi connectivity index (χ1) is 9.51. The van der Waals surface area contributed by atoms with Gasteiger partial charge in [0.05, 0.1) is 10.8 Å². The third-order valence-corrected chi connectivity index (χ3v) is 3.07. The van der Waals surface area contributed by atoms with Gasteiger partial charge in [0.1, 0.15) is 11.6 Å². The lowest BCUT2D eigenvalue weighted by Crippen LogP contribution is -2.18. The highest BCUT2D eigenvalue weighted by atomic mass is 16.6. The molecule has 1 aliphatic rings. The Bertz CT molecular complexity index is 633. The van der Waals surface area contributed by atoms with E-state index in [1.165, 1.54) is 12.1 Å². The van der Waals surface area contributed by atoms with E-state index < -0.39 is 16.8 Å². The van der Waals surface area contributed by atoms with Crippen LogP contribution < -0.4 is 5.32 Å². The number of aliphatic carboxylic acids is 1. The van der Waals surface area contributed by atoms with Crippen LogP contribution in [0.5, 0.6) is 0 Å². The van der Waals surface area contributed by atoms with Crippen LogP contribution >= 0.6 is 0 Å². The van der Waals surface area contributed by atoms with Crippen molar-refractivity contribution in [3.8, 4) is 6.07 Å². The number of carboxylic acids is 1. The van der Waals surface area contributed by atoms with Crippen LogP contribution in [0.25, 0.3) is 0 Å². The van der Waals surface area contributed by atoms with Crippen LogP contribution in [-0.2, 0) is 4.79 Å². The van der Waals surface area contributed by atoms with Crippen LogP contribution in [0.4, 0.5) is 11.4 Å². The molecule has 2 N–H and O–H groups in total. The Balaban J connectivity index is 2.14. The fourth-order valence-electron chi connectivity index (χ4n) is 2.07. The van der Waals surface area contributed by atoms with Gasteiger partial charge < -0.3 is 10.4 Å². The molecule has 0 radical (unpaired) electrons. The summed E-state index contributed by atoms with van der Waals surface area (Å²) in [5.41, 5.74) is 0.205. The van der Waals surface area contributed by atoms with Gasteiger partial charge >= 0.3 is 5.97 Å². The first-order valence-electron chi connectivity index (χ1n) is 5.87. The van der Waals surface area contributed by atoms with Crippen LogP contribution in [0.1, 0.15) is 12.0 Å². The molecule has 7 nitrogen and oxygen atoms in total. The van der Waals surface area contributed by atoms with E-state index >= 15 is 0 Å². The van der Waals surface area contributed by atoms with E-state index in [1.807, 2.05) is 0 Å². The maximum absolute atomic E-state index is 10.8. The predicted molar refractivity (Wildman–Crippen MR) is 70.1 cm³/mol. The topological polar surface area (TPSA) is 116 Å². The Hall–Kier alpha value is -2.88. The van der Waals surface area contributed by atoms with Gasteiger partial charge in [0.25, 0.3) is 5.69 Å². The van der Waals surface area contributed by atoms with Crippen molar-refractivity contribution in [3.05, 3.63) is 46.0 Å². The summed E-state index contributed by atoms with van der Waals surface area (Å²) in [6.07, 6.45) is 3.71. The molecule has 1 aromatic rings. The summed E-state index contributed by atoms with van der Waals surface area (Å²) < 4.78 is 0. The Morgan fingerprint density at radius 2 is 2.25 bits per heavy atom. The SMILES string of the molecule is N#Cc1ccc(NC2C=CC(C(=O)O)C2)cc1[N+](=O)[O-]. The molecule has 0 amide bonds. The molecule has 7 heteroatoms. The quantitative estimate of drug-likeness (QED) is 0.491. The van der Waals surface area contributed by atoms with Crippen molar-refractivity contribution in [2.45, 2.75) is 12.5 Å². The van der Waals surface area contributed by atoms with E-state index in [1.54, 1.807) is 24.3 Å². The molecule has 20 heavy (non-hydrogen) atoms. The zero-order chi connectivity index (χ0) is 14.7. The van der Waals surface area contributed by atoms with Crippen molar-refractivity contribution in [3.63, 3.8) is 0 Å². The van der Waals surface area contributed by atoms with Crippen molar-refractivity contribution < 1.29 is 14.8 Å². The summed E-state index contributed by atoms with van der Waals surface area (Å²) in [5.74, 6) is -1.43. The van der Waals surface area contributed by atoms with Crippen LogP contribution in [-0.4, -0.2) is 22.0 Å². The predicted octanol–water partition coefficient (Wildman–Crippen LogP) is 1.91. The first-order valence-corrected chi connectivity index (χ1v) is 5.87. The van der Waals surface area contributed by atoms with E-state index in [0.717, 1.165) is 0 Å². The monoisotopic (exact) mass is 273 g/mol. The molecule has 0 heterocycles. The Morgan fingerprint density at radius 3 is 2.80 bits per heavy atom. The number of carboxylic acid groups (broad SMARTS) is 1. The number of nitro groups is 1. The lowest BCUT2D eigenvalue weighted by Gasteiger charge is -2.13. The van der Waals surface area contributed by atoms with Crippen LogP contribution in [0.15, 0.2) is 30.4 Å². The van der Waals surface area contributed by atoms with E-state index in [0.29, 0.717) is 12.1 Å². The molecule has 0 aromatic heterocycles. The van der Waals surface area contributed by atoms with Gasteiger partial charge in [-0.15, -0.1) is 0 Å². The van der Waals surface area contributed by atoms with Gasteiger partial charge in [0, 0.05) is 17.8 Å². The van der Waals surface area contributed by atoms with E-state index in [-0.39, 0.29) is 17.3 Å². The number of benzene rings is 1.